The van der Waals surface area contributed by atoms with Gasteiger partial charge in [-0.3, -0.25) is 0 Å². The van der Waals surface area contributed by atoms with Gasteiger partial charge in [-0.1, -0.05) is 11.2 Å². The smallest absolute Gasteiger partial charge is 0.354 e. The number of hydrogen-bond acceptors (Lipinski definition) is 6. The normalized spacial score (nSPS) is 10.3. The van der Waals surface area contributed by atoms with Crippen molar-refractivity contribution in [3.63, 3.8) is 0 Å². The molecule has 2 heterocycles. The molecule has 0 atom stereocenters. The maximum Gasteiger partial charge on any atom is 0.354 e. The number of anilines is 1. The number of aromatic carboxylic acids is 1. The minimum atomic E-state index is -1.05. The van der Waals surface area contributed by atoms with Crippen molar-refractivity contribution in [2.24, 2.45) is 0 Å². The van der Waals surface area contributed by atoms with Gasteiger partial charge in [-0.15, -0.1) is 0 Å². The van der Waals surface area contributed by atoms with Gasteiger partial charge in [0.05, 0.1) is 0 Å². The fraction of sp³-hybridized carbons (Fsp3) is 0.273. The molecule has 7 nitrogen and oxygen atoms in total. The Balaban J connectivity index is 1.90. The highest BCUT2D eigenvalue weighted by molar-refractivity contribution is 5.85. The molecule has 2 N–H and O–H groups in total. The lowest BCUT2D eigenvalue weighted by Crippen LogP contribution is -2.08. The van der Waals surface area contributed by atoms with Crippen LogP contribution in [0.1, 0.15) is 22.2 Å². The van der Waals surface area contributed by atoms with Crippen LogP contribution in [-0.4, -0.2) is 32.7 Å². The van der Waals surface area contributed by atoms with Crippen molar-refractivity contribution < 1.29 is 14.4 Å². The lowest BCUT2D eigenvalue weighted by molar-refractivity contribution is 0.0690. The molecule has 0 radical (unpaired) electrons. The minimum Gasteiger partial charge on any atom is -0.477 e. The molecule has 7 heteroatoms. The zero-order valence-electron chi connectivity index (χ0n) is 9.75. The first-order valence-corrected chi connectivity index (χ1v) is 5.38. The van der Waals surface area contributed by atoms with Crippen LogP contribution < -0.4 is 5.32 Å². The van der Waals surface area contributed by atoms with E-state index in [4.69, 9.17) is 9.63 Å². The summed E-state index contributed by atoms with van der Waals surface area (Å²) in [6.45, 7) is 2.29. The van der Waals surface area contributed by atoms with Crippen LogP contribution in [0.25, 0.3) is 0 Å². The van der Waals surface area contributed by atoms with Gasteiger partial charge in [0, 0.05) is 13.0 Å². The largest absolute Gasteiger partial charge is 0.477 e. The standard InChI is InChI=1S/C11H12N4O3/c1-7-13-10(18-15-7)5-6-12-9-4-2-3-8(14-9)11(16)17/h2-4H,5-6H2,1H3,(H,12,14)(H,16,17). The Hall–Kier alpha value is -2.44. The van der Waals surface area contributed by atoms with Crippen LogP contribution in [0, 0.1) is 6.92 Å². The van der Waals surface area contributed by atoms with Gasteiger partial charge < -0.3 is 14.9 Å². The van der Waals surface area contributed by atoms with Crippen LogP contribution in [-0.2, 0) is 6.42 Å². The first-order chi connectivity index (χ1) is 8.65. The Morgan fingerprint density at radius 1 is 1.44 bits per heavy atom. The van der Waals surface area contributed by atoms with Gasteiger partial charge in [0.25, 0.3) is 0 Å². The maximum atomic E-state index is 10.7. The molecule has 0 aromatic carbocycles. The van der Waals surface area contributed by atoms with E-state index >= 15 is 0 Å². The fourth-order valence-electron chi connectivity index (χ4n) is 1.39. The highest BCUT2D eigenvalue weighted by atomic mass is 16.5. The molecule has 2 rings (SSSR count). The molecule has 0 fully saturated rings. The molecular weight excluding hydrogens is 236 g/mol. The first kappa shape index (κ1) is 12.0. The van der Waals surface area contributed by atoms with Crippen molar-refractivity contribution in [1.82, 2.24) is 15.1 Å². The number of aryl methyl sites for hydroxylation is 1. The number of nitrogens with zero attached hydrogens (tertiary/aromatic N) is 3. The molecule has 0 aliphatic rings. The minimum absolute atomic E-state index is 0.00800. The number of aromatic nitrogens is 3. The summed E-state index contributed by atoms with van der Waals surface area (Å²) in [5.41, 5.74) is 0.00800. The van der Waals surface area contributed by atoms with E-state index in [-0.39, 0.29) is 5.69 Å². The van der Waals surface area contributed by atoms with E-state index in [9.17, 15) is 4.79 Å². The average molecular weight is 248 g/mol. The summed E-state index contributed by atoms with van der Waals surface area (Å²) in [6.07, 6.45) is 0.555. The third kappa shape index (κ3) is 3.03. The highest BCUT2D eigenvalue weighted by Gasteiger charge is 2.05. The van der Waals surface area contributed by atoms with Crippen molar-refractivity contribution in [1.29, 1.82) is 0 Å². The lowest BCUT2D eigenvalue weighted by atomic mass is 10.3. The summed E-state index contributed by atoms with van der Waals surface area (Å²) in [5, 5.41) is 15.5. The van der Waals surface area contributed by atoms with E-state index in [1.807, 2.05) is 0 Å². The van der Waals surface area contributed by atoms with Gasteiger partial charge in [0.15, 0.2) is 11.5 Å². The van der Waals surface area contributed by atoms with Crippen molar-refractivity contribution >= 4 is 11.8 Å². The summed E-state index contributed by atoms with van der Waals surface area (Å²) in [6, 6.07) is 4.77. The number of nitrogens with one attached hydrogen (secondary N) is 1. The van der Waals surface area contributed by atoms with Gasteiger partial charge in [0.2, 0.25) is 5.89 Å². The summed E-state index contributed by atoms with van der Waals surface area (Å²) in [5.74, 6) is 0.586. The molecule has 0 aliphatic heterocycles. The molecule has 0 saturated heterocycles. The number of carboxylic acid groups (broad SMARTS) is 1. The molecule has 0 unspecified atom stereocenters. The highest BCUT2D eigenvalue weighted by Crippen LogP contribution is 2.05. The summed E-state index contributed by atoms with van der Waals surface area (Å²) in [4.78, 5) is 18.7. The molecule has 18 heavy (non-hydrogen) atoms. The topological polar surface area (TPSA) is 101 Å². The zero-order chi connectivity index (χ0) is 13.0. The Morgan fingerprint density at radius 3 is 2.94 bits per heavy atom. The van der Waals surface area contributed by atoms with Crippen LogP contribution in [0.5, 0.6) is 0 Å². The summed E-state index contributed by atoms with van der Waals surface area (Å²) >= 11 is 0. The van der Waals surface area contributed by atoms with Crippen LogP contribution in [0.4, 0.5) is 5.82 Å². The maximum absolute atomic E-state index is 10.7. The predicted octanol–water partition coefficient (Wildman–Crippen LogP) is 1.13. The summed E-state index contributed by atoms with van der Waals surface area (Å²) in [7, 11) is 0. The molecule has 0 spiro atoms. The van der Waals surface area contributed by atoms with Crippen LogP contribution >= 0.6 is 0 Å². The Kier molecular flexibility index (Phi) is 3.52. The predicted molar refractivity (Wildman–Crippen MR) is 62.4 cm³/mol. The second-order valence-electron chi connectivity index (χ2n) is 3.63. The summed E-state index contributed by atoms with van der Waals surface area (Å²) < 4.78 is 4.95. The van der Waals surface area contributed by atoms with E-state index in [2.05, 4.69) is 20.4 Å². The number of carboxylic acids is 1. The van der Waals surface area contributed by atoms with E-state index in [0.717, 1.165) is 0 Å². The van der Waals surface area contributed by atoms with Gasteiger partial charge in [-0.2, -0.15) is 4.98 Å². The second-order valence-corrected chi connectivity index (χ2v) is 3.63. The van der Waals surface area contributed by atoms with Crippen molar-refractivity contribution in [3.8, 4) is 0 Å². The van der Waals surface area contributed by atoms with Crippen LogP contribution in [0.15, 0.2) is 22.7 Å². The molecule has 2 aromatic rings. The number of hydrogen-bond donors (Lipinski definition) is 2. The van der Waals surface area contributed by atoms with E-state index in [1.54, 1.807) is 19.1 Å². The molecule has 0 bridgehead atoms. The number of rotatable bonds is 5. The second kappa shape index (κ2) is 5.26. The van der Waals surface area contributed by atoms with Crippen LogP contribution in [0.2, 0.25) is 0 Å². The molecule has 0 saturated carbocycles. The molecule has 0 amide bonds. The number of carbonyl (C=O) groups is 1. The van der Waals surface area contributed by atoms with Gasteiger partial charge in [0.1, 0.15) is 5.82 Å². The molecule has 94 valence electrons. The quantitative estimate of drug-likeness (QED) is 0.817. The Labute approximate surface area is 103 Å². The van der Waals surface area contributed by atoms with Gasteiger partial charge in [-0.25, -0.2) is 9.78 Å². The third-order valence-corrected chi connectivity index (χ3v) is 2.18. The first-order valence-electron chi connectivity index (χ1n) is 5.38. The SMILES string of the molecule is Cc1noc(CCNc2cccc(C(=O)O)n2)n1. The molecular formula is C11H12N4O3. The zero-order valence-corrected chi connectivity index (χ0v) is 9.75. The monoisotopic (exact) mass is 248 g/mol. The Morgan fingerprint density at radius 2 is 2.28 bits per heavy atom. The van der Waals surface area contributed by atoms with Crippen LogP contribution in [0.3, 0.4) is 0 Å². The number of pyridine rings is 1. The van der Waals surface area contributed by atoms with E-state index in [0.29, 0.717) is 30.5 Å². The van der Waals surface area contributed by atoms with Gasteiger partial charge >= 0.3 is 5.97 Å². The molecule has 2 aromatic heterocycles. The molecule has 0 aliphatic carbocycles. The lowest BCUT2D eigenvalue weighted by Gasteiger charge is -2.03. The third-order valence-electron chi connectivity index (χ3n) is 2.18. The Bertz CT molecular complexity index is 553. The van der Waals surface area contributed by atoms with Gasteiger partial charge in [-0.05, 0) is 19.1 Å². The van der Waals surface area contributed by atoms with Crippen molar-refractivity contribution in [2.75, 3.05) is 11.9 Å². The van der Waals surface area contributed by atoms with E-state index in [1.165, 1.54) is 6.07 Å². The van der Waals surface area contributed by atoms with Crippen molar-refractivity contribution in [2.45, 2.75) is 13.3 Å². The van der Waals surface area contributed by atoms with Crippen molar-refractivity contribution in [3.05, 3.63) is 35.6 Å². The fourth-order valence-corrected chi connectivity index (χ4v) is 1.39. The van der Waals surface area contributed by atoms with E-state index < -0.39 is 5.97 Å². The average Bonchev–Trinajstić information content (AvgIpc) is 2.75.